The fourth-order valence-corrected chi connectivity index (χ4v) is 3.46. The third-order valence-electron chi connectivity index (χ3n) is 5.13. The van der Waals surface area contributed by atoms with Crippen molar-refractivity contribution in [1.29, 1.82) is 0 Å². The van der Waals surface area contributed by atoms with Gasteiger partial charge in [-0.15, -0.1) is 0 Å². The number of halogens is 1. The Hall–Kier alpha value is -2.37. The van der Waals surface area contributed by atoms with E-state index in [1.165, 1.54) is 5.69 Å². The first-order valence-electron chi connectivity index (χ1n) is 9.82. The molecular formula is C21H30FN5. The van der Waals surface area contributed by atoms with Crippen LogP contribution in [0.2, 0.25) is 0 Å². The van der Waals surface area contributed by atoms with E-state index < -0.39 is 0 Å². The van der Waals surface area contributed by atoms with E-state index in [1.807, 2.05) is 23.7 Å². The van der Waals surface area contributed by atoms with Crippen LogP contribution in [0.1, 0.15) is 43.1 Å². The molecule has 6 heteroatoms. The highest BCUT2D eigenvalue weighted by Crippen LogP contribution is 2.49. The van der Waals surface area contributed by atoms with Gasteiger partial charge in [-0.25, -0.2) is 4.39 Å². The zero-order valence-corrected chi connectivity index (χ0v) is 16.6. The van der Waals surface area contributed by atoms with E-state index in [-0.39, 0.29) is 11.2 Å². The Morgan fingerprint density at radius 1 is 1.26 bits per heavy atom. The minimum atomic E-state index is -0.128. The number of hydrogen-bond acceptors (Lipinski definition) is 2. The molecule has 0 saturated heterocycles. The SMILES string of the molecule is CCNC(=NCC1(c2ccccc2F)CC1)NCCCn1nc(C)cc1C. The second-order valence-corrected chi connectivity index (χ2v) is 7.39. The third kappa shape index (κ3) is 4.87. The van der Waals surface area contributed by atoms with Crippen LogP contribution >= 0.6 is 0 Å². The minimum absolute atomic E-state index is 0.118. The molecule has 2 N–H and O–H groups in total. The summed E-state index contributed by atoms with van der Waals surface area (Å²) >= 11 is 0. The summed E-state index contributed by atoms with van der Waals surface area (Å²) in [6.07, 6.45) is 2.95. The zero-order chi connectivity index (χ0) is 19.3. The molecule has 1 heterocycles. The number of guanidine groups is 1. The Kier molecular flexibility index (Phi) is 6.14. The van der Waals surface area contributed by atoms with Crippen LogP contribution in [0.3, 0.4) is 0 Å². The average molecular weight is 372 g/mol. The summed E-state index contributed by atoms with van der Waals surface area (Å²) in [7, 11) is 0. The summed E-state index contributed by atoms with van der Waals surface area (Å²) in [6.45, 7) is 9.26. The van der Waals surface area contributed by atoms with Crippen molar-refractivity contribution in [3.8, 4) is 0 Å². The number of aromatic nitrogens is 2. The molecule has 0 amide bonds. The number of rotatable bonds is 8. The fourth-order valence-electron chi connectivity index (χ4n) is 3.46. The molecule has 1 saturated carbocycles. The van der Waals surface area contributed by atoms with E-state index in [1.54, 1.807) is 12.1 Å². The highest BCUT2D eigenvalue weighted by atomic mass is 19.1. The molecule has 0 atom stereocenters. The van der Waals surface area contributed by atoms with Gasteiger partial charge in [0, 0.05) is 30.7 Å². The average Bonchev–Trinajstić information content (AvgIpc) is 3.36. The first kappa shape index (κ1) is 19.4. The molecule has 1 fully saturated rings. The maximum absolute atomic E-state index is 14.2. The lowest BCUT2D eigenvalue weighted by atomic mass is 9.95. The summed E-state index contributed by atoms with van der Waals surface area (Å²) in [6, 6.07) is 9.18. The smallest absolute Gasteiger partial charge is 0.191 e. The first-order valence-corrected chi connectivity index (χ1v) is 9.82. The van der Waals surface area contributed by atoms with Crippen LogP contribution in [0.4, 0.5) is 4.39 Å². The van der Waals surface area contributed by atoms with Crippen molar-refractivity contribution in [2.45, 2.75) is 52.0 Å². The van der Waals surface area contributed by atoms with Gasteiger partial charge in [0.25, 0.3) is 0 Å². The maximum atomic E-state index is 14.2. The number of nitrogens with one attached hydrogen (secondary N) is 2. The van der Waals surface area contributed by atoms with Crippen molar-refractivity contribution in [3.63, 3.8) is 0 Å². The van der Waals surface area contributed by atoms with Gasteiger partial charge in [-0.1, -0.05) is 18.2 Å². The molecule has 2 aromatic rings. The molecular weight excluding hydrogens is 341 g/mol. The van der Waals surface area contributed by atoms with Crippen molar-refractivity contribution in [3.05, 3.63) is 53.1 Å². The summed E-state index contributed by atoms with van der Waals surface area (Å²) in [5.41, 5.74) is 2.92. The van der Waals surface area contributed by atoms with E-state index in [4.69, 9.17) is 4.99 Å². The fraction of sp³-hybridized carbons (Fsp3) is 0.524. The van der Waals surface area contributed by atoms with Crippen LogP contribution in [0.15, 0.2) is 35.3 Å². The third-order valence-corrected chi connectivity index (χ3v) is 5.13. The molecule has 1 aromatic carbocycles. The van der Waals surface area contributed by atoms with E-state index in [0.717, 1.165) is 56.1 Å². The topological polar surface area (TPSA) is 54.2 Å². The van der Waals surface area contributed by atoms with Crippen LogP contribution in [0.5, 0.6) is 0 Å². The molecule has 5 nitrogen and oxygen atoms in total. The van der Waals surface area contributed by atoms with Gasteiger partial charge in [-0.2, -0.15) is 5.10 Å². The van der Waals surface area contributed by atoms with Crippen molar-refractivity contribution >= 4 is 5.96 Å². The predicted octanol–water partition coefficient (Wildman–Crippen LogP) is 3.32. The Morgan fingerprint density at radius 3 is 2.67 bits per heavy atom. The molecule has 3 rings (SSSR count). The molecule has 0 aliphatic heterocycles. The van der Waals surface area contributed by atoms with E-state index in [2.05, 4.69) is 35.6 Å². The highest BCUT2D eigenvalue weighted by molar-refractivity contribution is 5.79. The lowest BCUT2D eigenvalue weighted by molar-refractivity contribution is 0.553. The van der Waals surface area contributed by atoms with Gasteiger partial charge >= 0.3 is 0 Å². The van der Waals surface area contributed by atoms with Gasteiger partial charge in [-0.3, -0.25) is 9.67 Å². The standard InChI is InChI=1S/C21H30FN5/c1-4-23-20(24-12-7-13-27-17(3)14-16(2)26-27)25-15-21(10-11-21)18-8-5-6-9-19(18)22/h5-6,8-9,14H,4,7,10-13,15H2,1-3H3,(H2,23,24,25). The molecule has 0 radical (unpaired) electrons. The van der Waals surface area contributed by atoms with E-state index >= 15 is 0 Å². The van der Waals surface area contributed by atoms with Crippen molar-refractivity contribution < 1.29 is 4.39 Å². The van der Waals surface area contributed by atoms with Gasteiger partial charge in [0.2, 0.25) is 0 Å². The van der Waals surface area contributed by atoms with Crippen molar-refractivity contribution in [1.82, 2.24) is 20.4 Å². The highest BCUT2D eigenvalue weighted by Gasteiger charge is 2.45. The monoisotopic (exact) mass is 371 g/mol. The number of hydrogen-bond donors (Lipinski definition) is 2. The Balaban J connectivity index is 1.54. The normalized spacial score (nSPS) is 15.6. The molecule has 1 aliphatic rings. The summed E-state index contributed by atoms with van der Waals surface area (Å²) < 4.78 is 16.2. The summed E-state index contributed by atoms with van der Waals surface area (Å²) in [5, 5.41) is 11.2. The number of benzene rings is 1. The van der Waals surface area contributed by atoms with Gasteiger partial charge in [0.15, 0.2) is 5.96 Å². The van der Waals surface area contributed by atoms with Gasteiger partial charge in [0.05, 0.1) is 12.2 Å². The molecule has 146 valence electrons. The quantitative estimate of drug-likeness (QED) is 0.425. The Bertz CT molecular complexity index is 792. The number of aryl methyl sites for hydroxylation is 3. The largest absolute Gasteiger partial charge is 0.357 e. The van der Waals surface area contributed by atoms with Crippen LogP contribution < -0.4 is 10.6 Å². The summed E-state index contributed by atoms with van der Waals surface area (Å²) in [5.74, 6) is 0.682. The lowest BCUT2D eigenvalue weighted by Gasteiger charge is -2.16. The predicted molar refractivity (Wildman–Crippen MR) is 108 cm³/mol. The first-order chi connectivity index (χ1) is 13.0. The number of aliphatic imine (C=N–C) groups is 1. The zero-order valence-electron chi connectivity index (χ0n) is 16.6. The molecule has 0 bridgehead atoms. The van der Waals surface area contributed by atoms with Gasteiger partial charge in [-0.05, 0) is 57.7 Å². The Morgan fingerprint density at radius 2 is 2.04 bits per heavy atom. The molecule has 27 heavy (non-hydrogen) atoms. The van der Waals surface area contributed by atoms with Crippen LogP contribution in [0, 0.1) is 19.7 Å². The molecule has 1 aromatic heterocycles. The molecule has 0 spiro atoms. The van der Waals surface area contributed by atoms with Crippen LogP contribution in [-0.4, -0.2) is 35.4 Å². The maximum Gasteiger partial charge on any atom is 0.191 e. The van der Waals surface area contributed by atoms with E-state index in [0.29, 0.717) is 6.54 Å². The minimum Gasteiger partial charge on any atom is -0.357 e. The molecule has 1 aliphatic carbocycles. The van der Waals surface area contributed by atoms with Crippen molar-refractivity contribution in [2.75, 3.05) is 19.6 Å². The molecule has 0 unspecified atom stereocenters. The van der Waals surface area contributed by atoms with Gasteiger partial charge in [0.1, 0.15) is 5.82 Å². The van der Waals surface area contributed by atoms with Gasteiger partial charge < -0.3 is 10.6 Å². The Labute approximate surface area is 161 Å². The second-order valence-electron chi connectivity index (χ2n) is 7.39. The number of nitrogens with zero attached hydrogens (tertiary/aromatic N) is 3. The summed E-state index contributed by atoms with van der Waals surface area (Å²) in [4.78, 5) is 4.74. The van der Waals surface area contributed by atoms with Crippen LogP contribution in [-0.2, 0) is 12.0 Å². The second kappa shape index (κ2) is 8.55. The van der Waals surface area contributed by atoms with E-state index in [9.17, 15) is 4.39 Å². The lowest BCUT2D eigenvalue weighted by Crippen LogP contribution is -2.38. The van der Waals surface area contributed by atoms with Crippen molar-refractivity contribution in [2.24, 2.45) is 4.99 Å². The van der Waals surface area contributed by atoms with Crippen LogP contribution in [0.25, 0.3) is 0 Å².